The molecule has 0 aliphatic carbocycles. The van der Waals surface area contributed by atoms with Crippen molar-refractivity contribution in [2.24, 2.45) is 0 Å². The van der Waals surface area contributed by atoms with Gasteiger partial charge in [0.2, 0.25) is 0 Å². The second-order valence-electron chi connectivity index (χ2n) is 4.35. The van der Waals surface area contributed by atoms with Gasteiger partial charge >= 0.3 is 0 Å². The predicted octanol–water partition coefficient (Wildman–Crippen LogP) is 2.20. The van der Waals surface area contributed by atoms with Crippen molar-refractivity contribution >= 4 is 11.8 Å². The average Bonchev–Trinajstić information content (AvgIpc) is 2.30. The molecule has 1 aliphatic rings. The molecule has 0 aromatic heterocycles. The SMILES string of the molecule is CCSCCNCC(C)N1CCCCC1. The number of nitrogens with one attached hydrogen (secondary N) is 1. The van der Waals surface area contributed by atoms with E-state index in [1.165, 1.54) is 43.9 Å². The fourth-order valence-corrected chi connectivity index (χ4v) is 2.67. The summed E-state index contributed by atoms with van der Waals surface area (Å²) in [6.07, 6.45) is 4.23. The van der Waals surface area contributed by atoms with Gasteiger partial charge in [0.05, 0.1) is 0 Å². The first-order chi connectivity index (χ1) is 7.34. The van der Waals surface area contributed by atoms with Gasteiger partial charge in [0.25, 0.3) is 0 Å². The maximum atomic E-state index is 3.55. The maximum Gasteiger partial charge on any atom is 0.0192 e. The van der Waals surface area contributed by atoms with Crippen molar-refractivity contribution in [3.05, 3.63) is 0 Å². The molecule has 1 saturated heterocycles. The van der Waals surface area contributed by atoms with E-state index in [0.717, 1.165) is 19.1 Å². The molecule has 0 bridgehead atoms. The highest BCUT2D eigenvalue weighted by molar-refractivity contribution is 7.99. The summed E-state index contributed by atoms with van der Waals surface area (Å²) in [5, 5.41) is 3.55. The van der Waals surface area contributed by atoms with E-state index >= 15 is 0 Å². The van der Waals surface area contributed by atoms with Crippen LogP contribution in [0.15, 0.2) is 0 Å². The summed E-state index contributed by atoms with van der Waals surface area (Å²) in [5.41, 5.74) is 0. The standard InChI is InChI=1S/C12H26N2S/c1-3-15-10-7-13-11-12(2)14-8-5-4-6-9-14/h12-13H,3-11H2,1-2H3. The van der Waals surface area contributed by atoms with Crippen molar-refractivity contribution in [1.29, 1.82) is 0 Å². The summed E-state index contributed by atoms with van der Waals surface area (Å²) in [6, 6.07) is 0.719. The molecule has 2 nitrogen and oxygen atoms in total. The van der Waals surface area contributed by atoms with E-state index < -0.39 is 0 Å². The molecule has 0 radical (unpaired) electrons. The number of piperidine rings is 1. The van der Waals surface area contributed by atoms with Crippen LogP contribution in [0.1, 0.15) is 33.1 Å². The van der Waals surface area contributed by atoms with Crippen molar-refractivity contribution in [3.8, 4) is 0 Å². The smallest absolute Gasteiger partial charge is 0.0192 e. The molecule has 1 fully saturated rings. The van der Waals surface area contributed by atoms with E-state index in [-0.39, 0.29) is 0 Å². The predicted molar refractivity (Wildman–Crippen MR) is 70.8 cm³/mol. The van der Waals surface area contributed by atoms with Crippen LogP contribution in [0.3, 0.4) is 0 Å². The normalized spacial score (nSPS) is 20.4. The van der Waals surface area contributed by atoms with Crippen LogP contribution in [0, 0.1) is 0 Å². The second-order valence-corrected chi connectivity index (χ2v) is 5.74. The average molecular weight is 230 g/mol. The Hall–Kier alpha value is 0.270. The Morgan fingerprint density at radius 3 is 2.67 bits per heavy atom. The van der Waals surface area contributed by atoms with Crippen LogP contribution in [-0.2, 0) is 0 Å². The van der Waals surface area contributed by atoms with E-state index in [9.17, 15) is 0 Å². The van der Waals surface area contributed by atoms with E-state index in [4.69, 9.17) is 0 Å². The Morgan fingerprint density at radius 2 is 2.00 bits per heavy atom. The lowest BCUT2D eigenvalue weighted by atomic mass is 10.1. The molecular weight excluding hydrogens is 204 g/mol. The van der Waals surface area contributed by atoms with Crippen LogP contribution in [0.4, 0.5) is 0 Å². The van der Waals surface area contributed by atoms with Gasteiger partial charge in [-0.1, -0.05) is 13.3 Å². The topological polar surface area (TPSA) is 15.3 Å². The number of likely N-dealkylation sites (tertiary alicyclic amines) is 1. The van der Waals surface area contributed by atoms with Gasteiger partial charge in [-0.2, -0.15) is 11.8 Å². The van der Waals surface area contributed by atoms with Crippen molar-refractivity contribution in [1.82, 2.24) is 10.2 Å². The molecule has 15 heavy (non-hydrogen) atoms. The Labute approximate surface area is 99.2 Å². The third-order valence-corrected chi connectivity index (χ3v) is 3.98. The van der Waals surface area contributed by atoms with E-state index in [0.29, 0.717) is 0 Å². The Kier molecular flexibility index (Phi) is 7.49. The lowest BCUT2D eigenvalue weighted by Gasteiger charge is -2.32. The molecule has 1 aliphatic heterocycles. The minimum absolute atomic E-state index is 0.719. The molecule has 90 valence electrons. The monoisotopic (exact) mass is 230 g/mol. The van der Waals surface area contributed by atoms with Crippen molar-refractivity contribution < 1.29 is 0 Å². The lowest BCUT2D eigenvalue weighted by Crippen LogP contribution is -2.43. The van der Waals surface area contributed by atoms with Gasteiger partial charge < -0.3 is 5.32 Å². The summed E-state index contributed by atoms with van der Waals surface area (Å²) in [5.74, 6) is 2.49. The highest BCUT2D eigenvalue weighted by atomic mass is 32.2. The van der Waals surface area contributed by atoms with Gasteiger partial charge in [0.1, 0.15) is 0 Å². The molecule has 0 spiro atoms. The molecule has 0 saturated carbocycles. The van der Waals surface area contributed by atoms with Gasteiger partial charge in [0, 0.05) is 24.9 Å². The van der Waals surface area contributed by atoms with Crippen LogP contribution in [0.5, 0.6) is 0 Å². The van der Waals surface area contributed by atoms with Gasteiger partial charge in [-0.05, 0) is 38.6 Å². The van der Waals surface area contributed by atoms with Crippen molar-refractivity contribution in [2.75, 3.05) is 37.7 Å². The van der Waals surface area contributed by atoms with Gasteiger partial charge in [-0.15, -0.1) is 0 Å². The zero-order valence-corrected chi connectivity index (χ0v) is 11.1. The number of hydrogen-bond acceptors (Lipinski definition) is 3. The largest absolute Gasteiger partial charge is 0.314 e. The fourth-order valence-electron chi connectivity index (χ4n) is 2.09. The molecule has 0 aromatic rings. The zero-order chi connectivity index (χ0) is 10.9. The van der Waals surface area contributed by atoms with E-state index in [1.54, 1.807) is 0 Å². The number of hydrogen-bond donors (Lipinski definition) is 1. The molecule has 1 heterocycles. The van der Waals surface area contributed by atoms with Gasteiger partial charge in [-0.3, -0.25) is 4.90 Å². The third kappa shape index (κ3) is 5.79. The summed E-state index contributed by atoms with van der Waals surface area (Å²) in [6.45, 7) is 9.52. The molecule has 0 aromatic carbocycles. The zero-order valence-electron chi connectivity index (χ0n) is 10.3. The summed E-state index contributed by atoms with van der Waals surface area (Å²) >= 11 is 2.02. The number of rotatable bonds is 7. The quantitative estimate of drug-likeness (QED) is 0.675. The second kappa shape index (κ2) is 8.43. The van der Waals surface area contributed by atoms with Crippen LogP contribution in [0.2, 0.25) is 0 Å². The van der Waals surface area contributed by atoms with Crippen LogP contribution < -0.4 is 5.32 Å². The Bertz CT molecular complexity index is 147. The first-order valence-corrected chi connectivity index (χ1v) is 7.52. The van der Waals surface area contributed by atoms with Crippen LogP contribution >= 0.6 is 11.8 Å². The summed E-state index contributed by atoms with van der Waals surface area (Å²) in [7, 11) is 0. The van der Waals surface area contributed by atoms with Gasteiger partial charge in [0.15, 0.2) is 0 Å². The molecule has 1 N–H and O–H groups in total. The molecular formula is C12H26N2S. The molecule has 0 amide bonds. The van der Waals surface area contributed by atoms with Crippen molar-refractivity contribution in [3.63, 3.8) is 0 Å². The number of nitrogens with zero attached hydrogens (tertiary/aromatic N) is 1. The minimum atomic E-state index is 0.719. The first-order valence-electron chi connectivity index (χ1n) is 6.37. The van der Waals surface area contributed by atoms with Crippen LogP contribution in [0.25, 0.3) is 0 Å². The Balaban J connectivity index is 1.99. The minimum Gasteiger partial charge on any atom is -0.314 e. The highest BCUT2D eigenvalue weighted by Gasteiger charge is 2.15. The highest BCUT2D eigenvalue weighted by Crippen LogP contribution is 2.11. The molecule has 1 rings (SSSR count). The van der Waals surface area contributed by atoms with E-state index in [1.807, 2.05) is 11.8 Å². The Morgan fingerprint density at radius 1 is 1.27 bits per heavy atom. The first kappa shape index (κ1) is 13.3. The third-order valence-electron chi connectivity index (χ3n) is 3.08. The molecule has 1 atom stereocenters. The number of thioether (sulfide) groups is 1. The van der Waals surface area contributed by atoms with Gasteiger partial charge in [-0.25, -0.2) is 0 Å². The van der Waals surface area contributed by atoms with E-state index in [2.05, 4.69) is 24.1 Å². The molecule has 3 heteroatoms. The maximum absolute atomic E-state index is 3.55. The lowest BCUT2D eigenvalue weighted by molar-refractivity contribution is 0.171. The summed E-state index contributed by atoms with van der Waals surface area (Å²) in [4.78, 5) is 2.63. The van der Waals surface area contributed by atoms with Crippen LogP contribution in [-0.4, -0.2) is 48.6 Å². The fraction of sp³-hybridized carbons (Fsp3) is 1.00. The molecule has 1 unspecified atom stereocenters. The summed E-state index contributed by atoms with van der Waals surface area (Å²) < 4.78 is 0. The van der Waals surface area contributed by atoms with Crippen molar-refractivity contribution in [2.45, 2.75) is 39.2 Å².